The minimum absolute atomic E-state index is 0.0998. The van der Waals surface area contributed by atoms with Crippen LogP contribution >= 0.6 is 11.3 Å². The molecule has 0 radical (unpaired) electrons. The lowest BCUT2D eigenvalue weighted by Crippen LogP contribution is -2.13. The average Bonchev–Trinajstić information content (AvgIpc) is 2.64. The zero-order valence-corrected chi connectivity index (χ0v) is 8.77. The molecule has 7 heteroatoms. The van der Waals surface area contributed by atoms with Crippen molar-refractivity contribution in [2.24, 2.45) is 0 Å². The molecule has 3 nitrogen and oxygen atoms in total. The van der Waals surface area contributed by atoms with Gasteiger partial charge in [-0.1, -0.05) is 0 Å². The van der Waals surface area contributed by atoms with Crippen molar-refractivity contribution in [3.63, 3.8) is 0 Å². The molecule has 0 aliphatic heterocycles. The largest absolute Gasteiger partial charge is 0.451 e. The second kappa shape index (κ2) is 3.99. The second-order valence-electron chi connectivity index (χ2n) is 3.10. The van der Waals surface area contributed by atoms with Crippen molar-refractivity contribution in [3.05, 3.63) is 23.0 Å². The number of hydrogen-bond donors (Lipinski definition) is 1. The van der Waals surface area contributed by atoms with E-state index in [0.717, 1.165) is 0 Å². The lowest BCUT2D eigenvalue weighted by atomic mass is 10.3. The Balaban J connectivity index is 2.61. The van der Waals surface area contributed by atoms with Gasteiger partial charge in [-0.2, -0.15) is 13.2 Å². The molecular weight excluding hydrogens is 241 g/mol. The van der Waals surface area contributed by atoms with Gasteiger partial charge >= 0.3 is 6.18 Å². The maximum absolute atomic E-state index is 12.5. The highest BCUT2D eigenvalue weighted by Crippen LogP contribution is 2.30. The van der Waals surface area contributed by atoms with Crippen molar-refractivity contribution in [3.8, 4) is 0 Å². The molecule has 0 aliphatic carbocycles. The molecule has 2 heterocycles. The van der Waals surface area contributed by atoms with E-state index in [-0.39, 0.29) is 24.2 Å². The summed E-state index contributed by atoms with van der Waals surface area (Å²) in [4.78, 5) is 6.89. The van der Waals surface area contributed by atoms with Crippen LogP contribution in [0.15, 0.2) is 11.4 Å². The van der Waals surface area contributed by atoms with Crippen LogP contribution in [0.1, 0.15) is 11.5 Å². The average molecular weight is 248 g/mol. The predicted molar refractivity (Wildman–Crippen MR) is 53.2 cm³/mol. The van der Waals surface area contributed by atoms with E-state index in [2.05, 4.69) is 9.97 Å². The molecule has 0 amide bonds. The van der Waals surface area contributed by atoms with Crippen LogP contribution in [0.2, 0.25) is 0 Å². The summed E-state index contributed by atoms with van der Waals surface area (Å²) in [5, 5.41) is 10.4. The summed E-state index contributed by atoms with van der Waals surface area (Å²) >= 11 is 1.27. The standard InChI is InChI=1S/C9H7F3N2OS/c10-9(11,12)8-13-5(1-3-15)7-6(14-8)2-4-16-7/h2,4,15H,1,3H2. The van der Waals surface area contributed by atoms with E-state index in [1.807, 2.05) is 0 Å². The van der Waals surface area contributed by atoms with Gasteiger partial charge in [0.05, 0.1) is 15.9 Å². The molecule has 0 fully saturated rings. The van der Waals surface area contributed by atoms with Crippen LogP contribution in [0, 0.1) is 0 Å². The SMILES string of the molecule is OCCc1nc(C(F)(F)F)nc2ccsc12. The Morgan fingerprint density at radius 3 is 2.69 bits per heavy atom. The maximum Gasteiger partial charge on any atom is 0.451 e. The van der Waals surface area contributed by atoms with E-state index in [0.29, 0.717) is 4.70 Å². The lowest BCUT2D eigenvalue weighted by molar-refractivity contribution is -0.144. The normalized spacial score (nSPS) is 12.2. The van der Waals surface area contributed by atoms with Crippen LogP contribution in [0.5, 0.6) is 0 Å². The Bertz CT molecular complexity index is 509. The third kappa shape index (κ3) is 2.00. The Kier molecular flexibility index (Phi) is 2.81. The summed E-state index contributed by atoms with van der Waals surface area (Å²) in [6.45, 7) is -0.235. The molecule has 2 aromatic rings. The molecule has 2 aromatic heterocycles. The summed E-state index contributed by atoms with van der Waals surface area (Å²) in [5.74, 6) is -1.15. The molecule has 0 aromatic carbocycles. The highest BCUT2D eigenvalue weighted by molar-refractivity contribution is 7.17. The zero-order chi connectivity index (χ0) is 11.8. The Morgan fingerprint density at radius 2 is 2.06 bits per heavy atom. The van der Waals surface area contributed by atoms with E-state index in [4.69, 9.17) is 5.11 Å². The molecule has 0 saturated heterocycles. The minimum Gasteiger partial charge on any atom is -0.396 e. The van der Waals surface area contributed by atoms with Gasteiger partial charge in [0.2, 0.25) is 5.82 Å². The number of alkyl halides is 3. The lowest BCUT2D eigenvalue weighted by Gasteiger charge is -2.07. The van der Waals surface area contributed by atoms with Crippen LogP contribution in [-0.4, -0.2) is 21.7 Å². The molecule has 1 N–H and O–H groups in total. The third-order valence-electron chi connectivity index (χ3n) is 1.98. The van der Waals surface area contributed by atoms with Crippen LogP contribution < -0.4 is 0 Å². The molecular formula is C9H7F3N2OS. The molecule has 86 valence electrons. The van der Waals surface area contributed by atoms with Gasteiger partial charge < -0.3 is 5.11 Å². The van der Waals surface area contributed by atoms with E-state index in [9.17, 15) is 13.2 Å². The number of hydrogen-bond acceptors (Lipinski definition) is 4. The first-order valence-electron chi connectivity index (χ1n) is 4.44. The molecule has 0 aliphatic rings. The van der Waals surface area contributed by atoms with Gasteiger partial charge in [-0.25, -0.2) is 9.97 Å². The second-order valence-corrected chi connectivity index (χ2v) is 4.02. The fraction of sp³-hybridized carbons (Fsp3) is 0.333. The van der Waals surface area contributed by atoms with Gasteiger partial charge in [0.25, 0.3) is 0 Å². The van der Waals surface area contributed by atoms with Gasteiger partial charge in [-0.05, 0) is 11.4 Å². The summed E-state index contributed by atoms with van der Waals surface area (Å²) in [6, 6.07) is 1.51. The molecule has 0 bridgehead atoms. The Morgan fingerprint density at radius 1 is 1.31 bits per heavy atom. The van der Waals surface area contributed by atoms with Gasteiger partial charge in [0.1, 0.15) is 0 Å². The fourth-order valence-corrected chi connectivity index (χ4v) is 2.18. The van der Waals surface area contributed by atoms with Crippen LogP contribution in [0.3, 0.4) is 0 Å². The highest BCUT2D eigenvalue weighted by atomic mass is 32.1. The maximum atomic E-state index is 12.5. The third-order valence-corrected chi connectivity index (χ3v) is 2.93. The first-order chi connectivity index (χ1) is 7.52. The van der Waals surface area contributed by atoms with E-state index in [1.54, 1.807) is 5.38 Å². The van der Waals surface area contributed by atoms with E-state index < -0.39 is 12.0 Å². The van der Waals surface area contributed by atoms with E-state index in [1.165, 1.54) is 17.4 Å². The van der Waals surface area contributed by atoms with Crippen LogP contribution in [-0.2, 0) is 12.6 Å². The summed E-state index contributed by atoms with van der Waals surface area (Å²) in [5.41, 5.74) is 0.519. The number of fused-ring (bicyclic) bond motifs is 1. The predicted octanol–water partition coefficient (Wildman–Crippen LogP) is 2.24. The van der Waals surface area contributed by atoms with Crippen molar-refractivity contribution in [1.29, 1.82) is 0 Å². The van der Waals surface area contributed by atoms with Gasteiger partial charge in [-0.15, -0.1) is 11.3 Å². The zero-order valence-electron chi connectivity index (χ0n) is 7.95. The molecule has 0 spiro atoms. The Hall–Kier alpha value is -1.21. The Labute approximate surface area is 92.6 Å². The van der Waals surface area contributed by atoms with Crippen molar-refractivity contribution >= 4 is 21.6 Å². The van der Waals surface area contributed by atoms with Gasteiger partial charge in [0.15, 0.2) is 0 Å². The van der Waals surface area contributed by atoms with Gasteiger partial charge in [-0.3, -0.25) is 0 Å². The first kappa shape index (κ1) is 11.3. The van der Waals surface area contributed by atoms with Crippen molar-refractivity contribution in [2.45, 2.75) is 12.6 Å². The molecule has 16 heavy (non-hydrogen) atoms. The number of thiophene rings is 1. The number of aromatic nitrogens is 2. The van der Waals surface area contributed by atoms with E-state index >= 15 is 0 Å². The summed E-state index contributed by atoms with van der Waals surface area (Å²) in [6.07, 6.45) is -4.46. The summed E-state index contributed by atoms with van der Waals surface area (Å²) < 4.78 is 38.0. The van der Waals surface area contributed by atoms with Crippen molar-refractivity contribution < 1.29 is 18.3 Å². The number of halogens is 3. The number of rotatable bonds is 2. The first-order valence-corrected chi connectivity index (χ1v) is 5.32. The summed E-state index contributed by atoms with van der Waals surface area (Å²) in [7, 11) is 0. The highest BCUT2D eigenvalue weighted by Gasteiger charge is 2.35. The quantitative estimate of drug-likeness (QED) is 0.886. The number of aliphatic hydroxyl groups excluding tert-OH is 1. The molecule has 0 saturated carbocycles. The minimum atomic E-state index is -4.56. The topological polar surface area (TPSA) is 46.0 Å². The van der Waals surface area contributed by atoms with Gasteiger partial charge in [0, 0.05) is 13.0 Å². The van der Waals surface area contributed by atoms with Crippen molar-refractivity contribution in [2.75, 3.05) is 6.61 Å². The molecule has 0 atom stereocenters. The fourth-order valence-electron chi connectivity index (χ4n) is 1.33. The van der Waals surface area contributed by atoms with Crippen LogP contribution in [0.25, 0.3) is 10.2 Å². The smallest absolute Gasteiger partial charge is 0.396 e. The number of nitrogens with zero attached hydrogens (tertiary/aromatic N) is 2. The molecule has 0 unspecified atom stereocenters. The molecule has 2 rings (SSSR count). The van der Waals surface area contributed by atoms with Crippen molar-refractivity contribution in [1.82, 2.24) is 9.97 Å². The number of aliphatic hydroxyl groups is 1. The van der Waals surface area contributed by atoms with Crippen LogP contribution in [0.4, 0.5) is 13.2 Å². The monoisotopic (exact) mass is 248 g/mol.